The van der Waals surface area contributed by atoms with E-state index >= 15 is 0 Å². The van der Waals surface area contributed by atoms with Gasteiger partial charge in [-0.25, -0.2) is 26.7 Å². The minimum atomic E-state index is -4.37. The predicted octanol–water partition coefficient (Wildman–Crippen LogP) is 0.322. The molecule has 0 unspecified atom stereocenters. The molecule has 0 amide bonds. The lowest BCUT2D eigenvalue weighted by Gasteiger charge is -2.10. The van der Waals surface area contributed by atoms with E-state index in [-0.39, 0.29) is 6.54 Å². The third-order valence-electron chi connectivity index (χ3n) is 2.13. The van der Waals surface area contributed by atoms with Gasteiger partial charge in [0.05, 0.1) is 6.10 Å². The van der Waals surface area contributed by atoms with Crippen LogP contribution in [0.25, 0.3) is 0 Å². The third kappa shape index (κ3) is 3.46. The molecule has 0 aliphatic rings. The number of benzene rings is 1. The molecule has 1 rings (SSSR count). The Hall–Kier alpha value is -1.58. The lowest BCUT2D eigenvalue weighted by atomic mass is 10.2. The maximum atomic E-state index is 13.7. The van der Waals surface area contributed by atoms with Crippen LogP contribution in [0.5, 0.6) is 0 Å². The zero-order valence-electron chi connectivity index (χ0n) is 9.72. The van der Waals surface area contributed by atoms with Crippen molar-refractivity contribution in [3.05, 3.63) is 29.3 Å². The molecule has 19 heavy (non-hydrogen) atoms. The average Bonchev–Trinajstić information content (AvgIpc) is 2.25. The lowest BCUT2D eigenvalue weighted by molar-refractivity contribution is 0.0685. The standard InChI is InChI=1S/C10H11F2NO5S/c1-5(14)4-13-19(17,18)7-3-2-6(11)8(9(7)12)10(15)16/h2-3,5,13-14H,4H2,1H3,(H,15,16)/t5-/m0/s1. The first-order chi connectivity index (χ1) is 8.66. The Kier molecular flexibility index (Phi) is 4.56. The summed E-state index contributed by atoms with van der Waals surface area (Å²) < 4.78 is 52.0. The van der Waals surface area contributed by atoms with Crippen LogP contribution in [0.2, 0.25) is 0 Å². The summed E-state index contributed by atoms with van der Waals surface area (Å²) in [6, 6.07) is 1.16. The summed E-state index contributed by atoms with van der Waals surface area (Å²) in [4.78, 5) is 9.66. The monoisotopic (exact) mass is 295 g/mol. The highest BCUT2D eigenvalue weighted by Gasteiger charge is 2.26. The van der Waals surface area contributed by atoms with Crippen molar-refractivity contribution in [2.24, 2.45) is 0 Å². The van der Waals surface area contributed by atoms with Gasteiger partial charge in [0.2, 0.25) is 10.0 Å². The van der Waals surface area contributed by atoms with E-state index in [1.807, 2.05) is 4.72 Å². The van der Waals surface area contributed by atoms with Crippen molar-refractivity contribution in [2.75, 3.05) is 6.54 Å². The van der Waals surface area contributed by atoms with Crippen molar-refractivity contribution in [3.63, 3.8) is 0 Å². The summed E-state index contributed by atoms with van der Waals surface area (Å²) in [5.74, 6) is -4.98. The number of aromatic carboxylic acids is 1. The summed E-state index contributed by atoms with van der Waals surface area (Å²) in [5.41, 5.74) is -1.35. The van der Waals surface area contributed by atoms with Crippen LogP contribution in [0.15, 0.2) is 17.0 Å². The highest BCUT2D eigenvalue weighted by Crippen LogP contribution is 2.21. The minimum absolute atomic E-state index is 0.387. The van der Waals surface area contributed by atoms with E-state index < -0.39 is 44.2 Å². The first-order valence-electron chi connectivity index (χ1n) is 5.06. The van der Waals surface area contributed by atoms with E-state index in [9.17, 15) is 22.0 Å². The molecule has 6 nitrogen and oxygen atoms in total. The van der Waals surface area contributed by atoms with Gasteiger partial charge >= 0.3 is 5.97 Å². The second-order valence-electron chi connectivity index (χ2n) is 3.74. The summed E-state index contributed by atoms with van der Waals surface area (Å²) >= 11 is 0. The van der Waals surface area contributed by atoms with Gasteiger partial charge in [-0.05, 0) is 19.1 Å². The average molecular weight is 295 g/mol. The molecule has 0 saturated carbocycles. The first kappa shape index (κ1) is 15.5. The van der Waals surface area contributed by atoms with Crippen molar-refractivity contribution in [1.82, 2.24) is 4.72 Å². The molecule has 0 aromatic heterocycles. The van der Waals surface area contributed by atoms with E-state index in [1.165, 1.54) is 6.92 Å². The molecule has 9 heteroatoms. The van der Waals surface area contributed by atoms with Crippen molar-refractivity contribution in [1.29, 1.82) is 0 Å². The quantitative estimate of drug-likeness (QED) is 0.726. The maximum Gasteiger partial charge on any atom is 0.341 e. The van der Waals surface area contributed by atoms with Crippen LogP contribution in [0, 0.1) is 11.6 Å². The van der Waals surface area contributed by atoms with E-state index in [0.29, 0.717) is 12.1 Å². The third-order valence-corrected chi connectivity index (χ3v) is 3.57. The van der Waals surface area contributed by atoms with Crippen molar-refractivity contribution in [3.8, 4) is 0 Å². The fourth-order valence-corrected chi connectivity index (χ4v) is 2.45. The molecule has 0 fully saturated rings. The number of aliphatic hydroxyl groups excluding tert-OH is 1. The Morgan fingerprint density at radius 1 is 1.42 bits per heavy atom. The number of aliphatic hydroxyl groups is 1. The smallest absolute Gasteiger partial charge is 0.341 e. The van der Waals surface area contributed by atoms with E-state index in [4.69, 9.17) is 10.2 Å². The van der Waals surface area contributed by atoms with Gasteiger partial charge < -0.3 is 10.2 Å². The second-order valence-corrected chi connectivity index (χ2v) is 5.48. The Balaban J connectivity index is 3.29. The summed E-state index contributed by atoms with van der Waals surface area (Å²) in [5, 5.41) is 17.6. The molecule has 0 spiro atoms. The van der Waals surface area contributed by atoms with Gasteiger partial charge in [-0.2, -0.15) is 0 Å². The molecule has 0 aliphatic carbocycles. The van der Waals surface area contributed by atoms with E-state index in [2.05, 4.69) is 0 Å². The molecule has 106 valence electrons. The van der Waals surface area contributed by atoms with Crippen LogP contribution < -0.4 is 4.72 Å². The lowest BCUT2D eigenvalue weighted by Crippen LogP contribution is -2.31. The summed E-state index contributed by atoms with van der Waals surface area (Å²) in [7, 11) is -4.37. The van der Waals surface area contributed by atoms with Crippen LogP contribution in [0.1, 0.15) is 17.3 Å². The topological polar surface area (TPSA) is 104 Å². The second kappa shape index (κ2) is 5.59. The predicted molar refractivity (Wildman–Crippen MR) is 60.2 cm³/mol. The highest BCUT2D eigenvalue weighted by atomic mass is 32.2. The maximum absolute atomic E-state index is 13.7. The Labute approximate surface area is 107 Å². The number of rotatable bonds is 5. The molecular weight excluding hydrogens is 284 g/mol. The molecule has 0 heterocycles. The summed E-state index contributed by atoms with van der Waals surface area (Å²) in [6.45, 7) is 0.910. The molecule has 0 saturated heterocycles. The molecule has 3 N–H and O–H groups in total. The molecule has 0 aliphatic heterocycles. The van der Waals surface area contributed by atoms with Crippen LogP contribution in [0.4, 0.5) is 8.78 Å². The SMILES string of the molecule is C[C@H](O)CNS(=O)(=O)c1ccc(F)c(C(=O)O)c1F. The number of carboxylic acid groups (broad SMARTS) is 1. The number of carbonyl (C=O) groups is 1. The summed E-state index contributed by atoms with van der Waals surface area (Å²) in [6.07, 6.45) is -1.02. The van der Waals surface area contributed by atoms with Crippen molar-refractivity contribution in [2.45, 2.75) is 17.9 Å². The highest BCUT2D eigenvalue weighted by molar-refractivity contribution is 7.89. The van der Waals surface area contributed by atoms with Gasteiger partial charge in [-0.15, -0.1) is 0 Å². The largest absolute Gasteiger partial charge is 0.477 e. The molecule has 1 aromatic rings. The fourth-order valence-electron chi connectivity index (χ4n) is 1.25. The van der Waals surface area contributed by atoms with E-state index in [0.717, 1.165) is 0 Å². The zero-order chi connectivity index (χ0) is 14.8. The minimum Gasteiger partial charge on any atom is -0.477 e. The molecule has 1 aromatic carbocycles. The van der Waals surface area contributed by atoms with Gasteiger partial charge in [-0.1, -0.05) is 0 Å². The molecule has 1 atom stereocenters. The van der Waals surface area contributed by atoms with Gasteiger partial charge in [0.15, 0.2) is 5.82 Å². The van der Waals surface area contributed by atoms with Gasteiger partial charge in [0.1, 0.15) is 16.3 Å². The van der Waals surface area contributed by atoms with Crippen LogP contribution in [-0.2, 0) is 10.0 Å². The number of nitrogens with one attached hydrogen (secondary N) is 1. The molecule has 0 bridgehead atoms. The van der Waals surface area contributed by atoms with Crippen molar-refractivity contribution < 1.29 is 32.2 Å². The van der Waals surface area contributed by atoms with Crippen LogP contribution in [0.3, 0.4) is 0 Å². The normalized spacial score (nSPS) is 13.3. The number of carboxylic acids is 1. The molecule has 0 radical (unpaired) electrons. The number of halogens is 2. The molecular formula is C10H11F2NO5S. The number of hydrogen-bond donors (Lipinski definition) is 3. The number of sulfonamides is 1. The van der Waals surface area contributed by atoms with Crippen molar-refractivity contribution >= 4 is 16.0 Å². The van der Waals surface area contributed by atoms with Gasteiger partial charge in [0, 0.05) is 6.54 Å². The Morgan fingerprint density at radius 3 is 2.47 bits per heavy atom. The van der Waals surface area contributed by atoms with Gasteiger partial charge in [-0.3, -0.25) is 0 Å². The first-order valence-corrected chi connectivity index (χ1v) is 6.54. The number of hydrogen-bond acceptors (Lipinski definition) is 4. The van der Waals surface area contributed by atoms with Crippen LogP contribution in [-0.4, -0.2) is 37.2 Å². The van der Waals surface area contributed by atoms with E-state index in [1.54, 1.807) is 0 Å². The zero-order valence-corrected chi connectivity index (χ0v) is 10.5. The van der Waals surface area contributed by atoms with Crippen LogP contribution >= 0.6 is 0 Å². The van der Waals surface area contributed by atoms with Gasteiger partial charge in [0.25, 0.3) is 0 Å². The Morgan fingerprint density at radius 2 is 2.00 bits per heavy atom. The Bertz CT molecular complexity index is 600. The fraction of sp³-hybridized carbons (Fsp3) is 0.300.